The Labute approximate surface area is 155 Å². The number of carboxylic acids is 1. The van der Waals surface area contributed by atoms with Gasteiger partial charge in [-0.1, -0.05) is 13.8 Å². The maximum atomic E-state index is 12.0. The smallest absolute Gasteiger partial charge is 0.335 e. The second-order valence-corrected chi connectivity index (χ2v) is 6.92. The van der Waals surface area contributed by atoms with E-state index in [2.05, 4.69) is 0 Å². The molecule has 0 radical (unpaired) electrons. The molecule has 0 saturated heterocycles. The number of fused-ring (bicyclic) bond motifs is 1. The minimum Gasteiger partial charge on any atom is -0.478 e. The number of rotatable bonds is 3. The summed E-state index contributed by atoms with van der Waals surface area (Å²) in [5.41, 5.74) is 2.40. The minimum atomic E-state index is -0.993. The van der Waals surface area contributed by atoms with Crippen molar-refractivity contribution in [2.45, 2.75) is 19.3 Å². The van der Waals surface area contributed by atoms with Crippen molar-refractivity contribution in [1.29, 1.82) is 0 Å². The Balaban J connectivity index is 2.04. The van der Waals surface area contributed by atoms with Gasteiger partial charge in [0.05, 0.1) is 10.5 Å². The van der Waals surface area contributed by atoms with Crippen LogP contribution in [0.5, 0.6) is 0 Å². The summed E-state index contributed by atoms with van der Waals surface area (Å²) in [4.78, 5) is 35.6. The average molecular weight is 366 g/mol. The number of likely N-dealkylation sites (N-methyl/N-ethyl adjacent to an activating group) is 1. The van der Waals surface area contributed by atoms with Crippen LogP contribution in [0.25, 0.3) is 0 Å². The van der Waals surface area contributed by atoms with Gasteiger partial charge in [-0.3, -0.25) is 14.9 Å². The predicted octanol–water partition coefficient (Wildman–Crippen LogP) is 3.22. The third-order valence-corrected chi connectivity index (χ3v) is 4.90. The predicted molar refractivity (Wildman–Crippen MR) is 100 cm³/mol. The Morgan fingerprint density at radius 1 is 1.26 bits per heavy atom. The topological polar surface area (TPSA) is 101 Å². The lowest BCUT2D eigenvalue weighted by atomic mass is 9.83. The van der Waals surface area contributed by atoms with Gasteiger partial charge in [-0.25, -0.2) is 4.79 Å². The molecule has 1 aliphatic heterocycles. The molecule has 0 spiro atoms. The molecule has 0 atom stereocenters. The van der Waals surface area contributed by atoms with Crippen LogP contribution in [0, 0.1) is 10.1 Å². The zero-order valence-electron chi connectivity index (χ0n) is 15.1. The Hall–Kier alpha value is -3.48. The van der Waals surface area contributed by atoms with E-state index in [1.807, 2.05) is 25.8 Å². The largest absolute Gasteiger partial charge is 0.478 e. The fourth-order valence-corrected chi connectivity index (χ4v) is 3.42. The standard InChI is InChI=1S/C20H18N2O5/c1-20(2)15-11-13(19(24)25)4-7-16(15)21(3)18(20)9-5-12-10-14(22(26)27)6-8-17(12)23/h4-11H,1-3H3,(H,24,25)/b12-5-,18-9-. The molecule has 0 bridgehead atoms. The lowest BCUT2D eigenvalue weighted by Gasteiger charge is -2.23. The summed E-state index contributed by atoms with van der Waals surface area (Å²) in [5.74, 6) is -1.30. The fraction of sp³-hybridized carbons (Fsp3) is 0.200. The van der Waals surface area contributed by atoms with Gasteiger partial charge in [-0.15, -0.1) is 0 Å². The molecule has 1 heterocycles. The third kappa shape index (κ3) is 3.08. The van der Waals surface area contributed by atoms with Gasteiger partial charge < -0.3 is 10.0 Å². The van der Waals surface area contributed by atoms with Gasteiger partial charge in [-0.05, 0) is 42.0 Å². The summed E-state index contributed by atoms with van der Waals surface area (Å²) < 4.78 is 0. The molecule has 138 valence electrons. The highest BCUT2D eigenvalue weighted by molar-refractivity contribution is 6.07. The van der Waals surface area contributed by atoms with Crippen LogP contribution in [-0.4, -0.2) is 28.8 Å². The summed E-state index contributed by atoms with van der Waals surface area (Å²) in [6, 6.07) is 4.96. The van der Waals surface area contributed by atoms with Crippen molar-refractivity contribution in [1.82, 2.24) is 0 Å². The van der Waals surface area contributed by atoms with Gasteiger partial charge in [0.15, 0.2) is 5.78 Å². The highest BCUT2D eigenvalue weighted by atomic mass is 16.6. The molecule has 0 fully saturated rings. The maximum Gasteiger partial charge on any atom is 0.335 e. The van der Waals surface area contributed by atoms with E-state index in [0.29, 0.717) is 0 Å². The van der Waals surface area contributed by atoms with Crippen LogP contribution in [0.2, 0.25) is 0 Å². The van der Waals surface area contributed by atoms with E-state index in [4.69, 9.17) is 0 Å². The number of hydrogen-bond donors (Lipinski definition) is 1. The number of nitro groups is 1. The van der Waals surface area contributed by atoms with Crippen molar-refractivity contribution in [3.05, 3.63) is 86.8 Å². The number of allylic oxidation sites excluding steroid dienone is 7. The molecule has 7 nitrogen and oxygen atoms in total. The summed E-state index contributed by atoms with van der Waals surface area (Å²) >= 11 is 0. The van der Waals surface area contributed by atoms with Crippen molar-refractivity contribution in [3.63, 3.8) is 0 Å². The Morgan fingerprint density at radius 2 is 1.96 bits per heavy atom. The van der Waals surface area contributed by atoms with Crippen molar-refractivity contribution in [2.24, 2.45) is 0 Å². The van der Waals surface area contributed by atoms with Gasteiger partial charge in [0.25, 0.3) is 5.70 Å². The van der Waals surface area contributed by atoms with Crippen LogP contribution in [0.3, 0.4) is 0 Å². The first-order valence-corrected chi connectivity index (χ1v) is 8.25. The van der Waals surface area contributed by atoms with E-state index in [-0.39, 0.29) is 22.6 Å². The third-order valence-electron chi connectivity index (χ3n) is 4.90. The van der Waals surface area contributed by atoms with Crippen LogP contribution in [0.1, 0.15) is 29.8 Å². The van der Waals surface area contributed by atoms with Crippen molar-refractivity contribution in [3.8, 4) is 0 Å². The summed E-state index contributed by atoms with van der Waals surface area (Å²) in [7, 11) is 1.86. The molecule has 1 N–H and O–H groups in total. The Morgan fingerprint density at radius 3 is 2.59 bits per heavy atom. The molecule has 0 amide bonds. The first-order chi connectivity index (χ1) is 12.6. The van der Waals surface area contributed by atoms with Crippen LogP contribution < -0.4 is 4.90 Å². The number of ketones is 1. The zero-order valence-corrected chi connectivity index (χ0v) is 15.1. The second-order valence-electron chi connectivity index (χ2n) is 6.92. The van der Waals surface area contributed by atoms with E-state index >= 15 is 0 Å². The lowest BCUT2D eigenvalue weighted by Crippen LogP contribution is -2.22. The molecule has 1 aliphatic carbocycles. The summed E-state index contributed by atoms with van der Waals surface area (Å²) in [6.45, 7) is 3.93. The SMILES string of the molecule is CN1/C(=C\C=C2\C=C([N+](=O)[O-])C=CC2=O)C(C)(C)c2cc(C(=O)O)ccc21. The quantitative estimate of drug-likeness (QED) is 0.501. The molecule has 0 unspecified atom stereocenters. The van der Waals surface area contributed by atoms with E-state index < -0.39 is 16.3 Å². The Kier molecular flexibility index (Phi) is 4.31. The molecular weight excluding hydrogens is 348 g/mol. The molecule has 1 aromatic rings. The average Bonchev–Trinajstić information content (AvgIpc) is 2.80. The number of carbonyl (C=O) groups excluding carboxylic acids is 1. The first-order valence-electron chi connectivity index (χ1n) is 8.25. The number of carboxylic acid groups (broad SMARTS) is 1. The van der Waals surface area contributed by atoms with Gasteiger partial charge in [0.1, 0.15) is 0 Å². The number of carbonyl (C=O) groups is 2. The molecule has 1 aromatic carbocycles. The van der Waals surface area contributed by atoms with Crippen LogP contribution in [0.15, 0.2) is 65.5 Å². The van der Waals surface area contributed by atoms with Gasteiger partial charge in [0, 0.05) is 41.6 Å². The number of hydrogen-bond acceptors (Lipinski definition) is 5. The molecule has 27 heavy (non-hydrogen) atoms. The summed E-state index contributed by atoms with van der Waals surface area (Å²) in [6.07, 6.45) is 6.92. The fourth-order valence-electron chi connectivity index (χ4n) is 3.42. The lowest BCUT2D eigenvalue weighted by molar-refractivity contribution is -0.419. The summed E-state index contributed by atoms with van der Waals surface area (Å²) in [5, 5.41) is 20.2. The second kappa shape index (κ2) is 6.35. The Bertz CT molecular complexity index is 996. The monoisotopic (exact) mass is 366 g/mol. The first kappa shape index (κ1) is 18.3. The van der Waals surface area contributed by atoms with E-state index in [1.54, 1.807) is 30.4 Å². The minimum absolute atomic E-state index is 0.146. The van der Waals surface area contributed by atoms with Crippen LogP contribution in [-0.2, 0) is 10.2 Å². The van der Waals surface area contributed by atoms with E-state index in [9.17, 15) is 24.8 Å². The van der Waals surface area contributed by atoms with Crippen LogP contribution >= 0.6 is 0 Å². The molecule has 7 heteroatoms. The molecule has 0 saturated carbocycles. The highest BCUT2D eigenvalue weighted by Gasteiger charge is 2.38. The van der Waals surface area contributed by atoms with Crippen molar-refractivity contribution < 1.29 is 19.6 Å². The van der Waals surface area contributed by atoms with Gasteiger partial charge >= 0.3 is 5.97 Å². The molecular formula is C20H18N2O5. The molecule has 2 aliphatic rings. The normalized spacial score (nSPS) is 20.8. The van der Waals surface area contributed by atoms with E-state index in [1.165, 1.54) is 18.2 Å². The van der Waals surface area contributed by atoms with Crippen molar-refractivity contribution in [2.75, 3.05) is 11.9 Å². The number of benzene rings is 1. The molecule has 0 aromatic heterocycles. The van der Waals surface area contributed by atoms with Gasteiger partial charge in [-0.2, -0.15) is 0 Å². The maximum absolute atomic E-state index is 12.0. The number of anilines is 1. The molecule has 3 rings (SSSR count). The van der Waals surface area contributed by atoms with Crippen molar-refractivity contribution >= 4 is 17.4 Å². The van der Waals surface area contributed by atoms with E-state index in [0.717, 1.165) is 16.9 Å². The number of nitrogens with zero attached hydrogens (tertiary/aromatic N) is 2. The highest BCUT2D eigenvalue weighted by Crippen LogP contribution is 2.47. The van der Waals surface area contributed by atoms with Crippen LogP contribution in [0.4, 0.5) is 5.69 Å². The van der Waals surface area contributed by atoms with Gasteiger partial charge in [0.2, 0.25) is 0 Å². The zero-order chi connectivity index (χ0) is 19.9. The number of aromatic carboxylic acids is 1.